The zero-order chi connectivity index (χ0) is 22.1. The molecule has 0 N–H and O–H groups in total. The third-order valence-electron chi connectivity index (χ3n) is 5.81. The lowest BCUT2D eigenvalue weighted by molar-refractivity contribution is -0.112. The van der Waals surface area contributed by atoms with Gasteiger partial charge in [0.2, 0.25) is 0 Å². The molecule has 0 saturated carbocycles. The van der Waals surface area contributed by atoms with Crippen LogP contribution in [-0.2, 0) is 11.3 Å². The Kier molecular flexibility index (Phi) is 5.23. The molecule has 0 atom stereocenters. The minimum absolute atomic E-state index is 0.0326. The average Bonchev–Trinajstić information content (AvgIpc) is 3.30. The van der Waals surface area contributed by atoms with E-state index in [0.717, 1.165) is 27.7 Å². The summed E-state index contributed by atoms with van der Waals surface area (Å²) in [6.07, 6.45) is 4.06. The van der Waals surface area contributed by atoms with Gasteiger partial charge < -0.3 is 14.2 Å². The summed E-state index contributed by atoms with van der Waals surface area (Å²) < 4.78 is 21.0. The number of halogens is 1. The van der Waals surface area contributed by atoms with E-state index in [2.05, 4.69) is 22.9 Å². The molecular weight excluding hydrogens is 403 g/mol. The zero-order valence-corrected chi connectivity index (χ0v) is 17.8. The maximum absolute atomic E-state index is 13.1. The van der Waals surface area contributed by atoms with Gasteiger partial charge in [-0.3, -0.25) is 4.79 Å². The fourth-order valence-electron chi connectivity index (χ4n) is 4.28. The summed E-state index contributed by atoms with van der Waals surface area (Å²) in [6, 6.07) is 22.1. The highest BCUT2D eigenvalue weighted by molar-refractivity contribution is 6.36. The highest BCUT2D eigenvalue weighted by Crippen LogP contribution is 2.38. The van der Waals surface area contributed by atoms with Crippen molar-refractivity contribution >= 4 is 34.1 Å². The van der Waals surface area contributed by atoms with Crippen molar-refractivity contribution in [3.05, 3.63) is 95.9 Å². The minimum atomic E-state index is -0.281. The van der Waals surface area contributed by atoms with Crippen molar-refractivity contribution in [1.82, 2.24) is 4.57 Å². The fourth-order valence-corrected chi connectivity index (χ4v) is 4.28. The molecule has 32 heavy (non-hydrogen) atoms. The van der Waals surface area contributed by atoms with E-state index in [1.807, 2.05) is 54.3 Å². The zero-order valence-electron chi connectivity index (χ0n) is 17.8. The smallest absolute Gasteiger partial charge is 0.258 e. The van der Waals surface area contributed by atoms with Crippen LogP contribution in [0.2, 0.25) is 0 Å². The van der Waals surface area contributed by atoms with Crippen LogP contribution in [0.1, 0.15) is 18.1 Å². The standard InChI is InChI=1S/C27H23FN2O2/c1-2-30-26-10-6-4-8-23(26)24(27(30)31)17-19-18-29(25-9-5-3-7-22(19)25)15-16-32-21-13-11-20(28)12-14-21/h3-14,17-18H,2,15-16H2,1H3/b24-17+. The highest BCUT2D eigenvalue weighted by Gasteiger charge is 2.31. The molecule has 1 aliphatic heterocycles. The monoisotopic (exact) mass is 426 g/mol. The molecule has 0 saturated heterocycles. The summed E-state index contributed by atoms with van der Waals surface area (Å²) >= 11 is 0. The van der Waals surface area contributed by atoms with Gasteiger partial charge >= 0.3 is 0 Å². The number of carbonyl (C=O) groups excluding carboxylic acids is 1. The van der Waals surface area contributed by atoms with Gasteiger partial charge in [-0.25, -0.2) is 4.39 Å². The molecule has 5 rings (SSSR count). The van der Waals surface area contributed by atoms with Crippen molar-refractivity contribution < 1.29 is 13.9 Å². The van der Waals surface area contributed by atoms with E-state index in [9.17, 15) is 9.18 Å². The average molecular weight is 426 g/mol. The molecule has 0 spiro atoms. The van der Waals surface area contributed by atoms with E-state index in [-0.39, 0.29) is 11.7 Å². The van der Waals surface area contributed by atoms with Crippen LogP contribution in [0.4, 0.5) is 10.1 Å². The molecule has 1 amide bonds. The van der Waals surface area contributed by atoms with Gasteiger partial charge in [-0.05, 0) is 49.4 Å². The number of anilines is 1. The number of aromatic nitrogens is 1. The number of fused-ring (bicyclic) bond motifs is 2. The molecule has 0 aliphatic carbocycles. The van der Waals surface area contributed by atoms with Gasteiger partial charge in [0.15, 0.2) is 0 Å². The topological polar surface area (TPSA) is 34.5 Å². The predicted molar refractivity (Wildman–Crippen MR) is 126 cm³/mol. The van der Waals surface area contributed by atoms with E-state index >= 15 is 0 Å². The van der Waals surface area contributed by atoms with E-state index in [0.29, 0.717) is 31.0 Å². The molecule has 3 aromatic carbocycles. The van der Waals surface area contributed by atoms with Crippen LogP contribution in [0.5, 0.6) is 5.75 Å². The third kappa shape index (κ3) is 3.56. The molecule has 1 aliphatic rings. The fraction of sp³-hybridized carbons (Fsp3) is 0.148. The molecule has 0 bridgehead atoms. The van der Waals surface area contributed by atoms with Gasteiger partial charge in [-0.15, -0.1) is 0 Å². The van der Waals surface area contributed by atoms with Crippen molar-refractivity contribution in [2.24, 2.45) is 0 Å². The second kappa shape index (κ2) is 8.35. The Morgan fingerprint density at radius 3 is 2.53 bits per heavy atom. The normalized spacial score (nSPS) is 14.4. The summed E-state index contributed by atoms with van der Waals surface area (Å²) in [5, 5.41) is 1.09. The van der Waals surface area contributed by atoms with Gasteiger partial charge in [0.05, 0.1) is 12.2 Å². The number of rotatable bonds is 6. The Morgan fingerprint density at radius 2 is 1.72 bits per heavy atom. The number of hydrogen-bond acceptors (Lipinski definition) is 2. The summed E-state index contributed by atoms with van der Waals surface area (Å²) in [4.78, 5) is 14.9. The Bertz CT molecular complexity index is 1320. The molecule has 1 aromatic heterocycles. The first-order valence-corrected chi connectivity index (χ1v) is 10.7. The Balaban J connectivity index is 1.47. The predicted octanol–water partition coefficient (Wildman–Crippen LogP) is 5.77. The van der Waals surface area contributed by atoms with E-state index in [1.165, 1.54) is 12.1 Å². The molecular formula is C27H23FN2O2. The quantitative estimate of drug-likeness (QED) is 0.367. The third-order valence-corrected chi connectivity index (χ3v) is 5.81. The van der Waals surface area contributed by atoms with Gasteiger partial charge in [0.1, 0.15) is 18.2 Å². The second-order valence-corrected chi connectivity index (χ2v) is 7.72. The van der Waals surface area contributed by atoms with Crippen LogP contribution in [0.25, 0.3) is 22.6 Å². The van der Waals surface area contributed by atoms with Gasteiger partial charge in [0.25, 0.3) is 5.91 Å². The number of carbonyl (C=O) groups is 1. The van der Waals surface area contributed by atoms with Crippen molar-refractivity contribution in [1.29, 1.82) is 0 Å². The molecule has 0 unspecified atom stereocenters. The van der Waals surface area contributed by atoms with Crippen LogP contribution >= 0.6 is 0 Å². The van der Waals surface area contributed by atoms with E-state index < -0.39 is 0 Å². The first-order valence-electron chi connectivity index (χ1n) is 10.7. The highest BCUT2D eigenvalue weighted by atomic mass is 19.1. The molecule has 4 aromatic rings. The molecule has 0 fully saturated rings. The Labute approximate surface area is 186 Å². The molecule has 160 valence electrons. The van der Waals surface area contributed by atoms with Crippen LogP contribution in [0, 0.1) is 5.82 Å². The SMILES string of the molecule is CCN1C(=O)/C(=C/c2cn(CCOc3ccc(F)cc3)c3ccccc23)c2ccccc21. The van der Waals surface area contributed by atoms with E-state index in [4.69, 9.17) is 4.74 Å². The largest absolute Gasteiger partial charge is 0.492 e. The van der Waals surface area contributed by atoms with Crippen molar-refractivity contribution in [2.45, 2.75) is 13.5 Å². The number of ether oxygens (including phenoxy) is 1. The minimum Gasteiger partial charge on any atom is -0.492 e. The summed E-state index contributed by atoms with van der Waals surface area (Å²) in [5.74, 6) is 0.388. The lowest BCUT2D eigenvalue weighted by Crippen LogP contribution is -2.25. The van der Waals surface area contributed by atoms with Crippen molar-refractivity contribution in [3.63, 3.8) is 0 Å². The van der Waals surface area contributed by atoms with E-state index in [1.54, 1.807) is 12.1 Å². The number of benzene rings is 3. The molecule has 5 heteroatoms. The van der Waals surface area contributed by atoms with Crippen LogP contribution in [0.3, 0.4) is 0 Å². The summed E-state index contributed by atoms with van der Waals surface area (Å²) in [5.41, 5.74) is 4.72. The summed E-state index contributed by atoms with van der Waals surface area (Å²) in [7, 11) is 0. The van der Waals surface area contributed by atoms with Crippen LogP contribution in [-0.4, -0.2) is 23.6 Å². The number of hydrogen-bond donors (Lipinski definition) is 0. The van der Waals surface area contributed by atoms with Crippen LogP contribution in [0.15, 0.2) is 79.0 Å². The van der Waals surface area contributed by atoms with Crippen LogP contribution < -0.4 is 9.64 Å². The first kappa shape index (κ1) is 20.1. The maximum Gasteiger partial charge on any atom is 0.258 e. The van der Waals surface area contributed by atoms with Gasteiger partial charge in [0, 0.05) is 40.3 Å². The number of amides is 1. The van der Waals surface area contributed by atoms with Gasteiger partial charge in [-0.2, -0.15) is 0 Å². The second-order valence-electron chi connectivity index (χ2n) is 7.72. The number of nitrogens with zero attached hydrogens (tertiary/aromatic N) is 2. The van der Waals surface area contributed by atoms with Gasteiger partial charge in [-0.1, -0.05) is 36.4 Å². The number of para-hydroxylation sites is 2. The molecule has 0 radical (unpaired) electrons. The number of likely N-dealkylation sites (N-methyl/N-ethyl adjacent to an activating group) is 1. The summed E-state index contributed by atoms with van der Waals surface area (Å²) in [6.45, 7) is 3.71. The molecule has 4 nitrogen and oxygen atoms in total. The molecule has 2 heterocycles. The Hall–Kier alpha value is -3.86. The lowest BCUT2D eigenvalue weighted by atomic mass is 10.0. The Morgan fingerprint density at radius 1 is 0.969 bits per heavy atom. The van der Waals surface area contributed by atoms with Crippen molar-refractivity contribution in [2.75, 3.05) is 18.1 Å². The first-order chi connectivity index (χ1) is 15.7. The maximum atomic E-state index is 13.1. The lowest BCUT2D eigenvalue weighted by Gasteiger charge is -2.13. The van der Waals surface area contributed by atoms with Crippen molar-refractivity contribution in [3.8, 4) is 5.75 Å².